The first-order valence-electron chi connectivity index (χ1n) is 3.33. The molecule has 0 aromatic carbocycles. The van der Waals surface area contributed by atoms with Crippen molar-refractivity contribution in [3.63, 3.8) is 0 Å². The fraction of sp³-hybridized carbons (Fsp3) is 1.00. The van der Waals surface area contributed by atoms with E-state index in [-0.39, 0.29) is 6.42 Å². The Labute approximate surface area is 60.5 Å². The van der Waals surface area contributed by atoms with Gasteiger partial charge in [-0.15, -0.1) is 0 Å². The van der Waals surface area contributed by atoms with Crippen LogP contribution in [0.1, 0.15) is 20.3 Å². The number of aliphatic hydroxyl groups is 2. The van der Waals surface area contributed by atoms with Gasteiger partial charge in [-0.2, -0.15) is 0 Å². The topological polar surface area (TPSA) is 72.7 Å². The smallest absolute Gasteiger partial charge is 0.0737 e. The fourth-order valence-electron chi connectivity index (χ4n) is 0.640. The van der Waals surface area contributed by atoms with Crippen molar-refractivity contribution >= 4 is 0 Å². The van der Waals surface area contributed by atoms with E-state index in [0.29, 0.717) is 0 Å². The van der Waals surface area contributed by atoms with Crippen LogP contribution in [0.3, 0.4) is 0 Å². The van der Waals surface area contributed by atoms with Gasteiger partial charge in [0.1, 0.15) is 0 Å². The first-order valence-corrected chi connectivity index (χ1v) is 3.33. The van der Waals surface area contributed by atoms with Crippen LogP contribution in [-0.4, -0.2) is 33.7 Å². The zero-order chi connectivity index (χ0) is 8.15. The van der Waals surface area contributed by atoms with E-state index in [9.17, 15) is 0 Å². The highest BCUT2D eigenvalue weighted by atomic mass is 16.5. The van der Waals surface area contributed by atoms with Crippen LogP contribution in [-0.2, 0) is 0 Å². The van der Waals surface area contributed by atoms with Crippen LogP contribution in [0.15, 0.2) is 0 Å². The van der Waals surface area contributed by atoms with Crippen molar-refractivity contribution < 1.29 is 15.4 Å². The van der Waals surface area contributed by atoms with Crippen LogP contribution in [0.4, 0.5) is 0 Å². The molecule has 0 rings (SSSR count). The van der Waals surface area contributed by atoms with E-state index >= 15 is 0 Å². The Morgan fingerprint density at radius 1 is 1.30 bits per heavy atom. The zero-order valence-electron chi connectivity index (χ0n) is 6.28. The predicted octanol–water partition coefficient (Wildman–Crippen LogP) is -0.515. The lowest BCUT2D eigenvalue weighted by Crippen LogP contribution is -2.36. The molecule has 4 N–H and O–H groups in total. The van der Waals surface area contributed by atoms with Gasteiger partial charge in [-0.05, 0) is 13.8 Å². The maximum atomic E-state index is 9.11. The third-order valence-corrected chi connectivity index (χ3v) is 1.36. The van der Waals surface area contributed by atoms with Crippen LogP contribution in [0.2, 0.25) is 0 Å². The predicted molar refractivity (Wildman–Crippen MR) is 36.7 cm³/mol. The van der Waals surface area contributed by atoms with E-state index in [4.69, 9.17) is 15.4 Å². The molecular formula is C6H15NO3. The number of nitrogens with one attached hydrogen (secondary N) is 1. The Bertz CT molecular complexity index is 87.1. The summed E-state index contributed by atoms with van der Waals surface area (Å²) in [4.78, 5) is 0. The van der Waals surface area contributed by atoms with Gasteiger partial charge in [0.25, 0.3) is 0 Å². The summed E-state index contributed by atoms with van der Waals surface area (Å²) in [5.41, 5.74) is 1.91. The summed E-state index contributed by atoms with van der Waals surface area (Å²) in [6, 6.07) is -0.394. The number of hydrogen-bond donors (Lipinski definition) is 4. The number of hydrogen-bond acceptors (Lipinski definition) is 4. The normalized spacial score (nSPS) is 20.1. The molecule has 4 nitrogen and oxygen atoms in total. The van der Waals surface area contributed by atoms with Gasteiger partial charge in [0.15, 0.2) is 0 Å². The molecule has 0 aliphatic rings. The van der Waals surface area contributed by atoms with Gasteiger partial charge in [-0.3, -0.25) is 0 Å². The van der Waals surface area contributed by atoms with E-state index in [2.05, 4.69) is 0 Å². The molecule has 0 aromatic rings. The van der Waals surface area contributed by atoms with Gasteiger partial charge < -0.3 is 15.4 Å². The van der Waals surface area contributed by atoms with Gasteiger partial charge in [-0.25, -0.2) is 5.48 Å². The summed E-state index contributed by atoms with van der Waals surface area (Å²) in [7, 11) is 0. The summed E-state index contributed by atoms with van der Waals surface area (Å²) in [6.07, 6.45) is -0.967. The third-order valence-electron chi connectivity index (χ3n) is 1.36. The molecule has 0 bridgehead atoms. The summed E-state index contributed by atoms with van der Waals surface area (Å²) >= 11 is 0. The van der Waals surface area contributed by atoms with Crippen LogP contribution in [0.25, 0.3) is 0 Å². The molecule has 0 heterocycles. The highest BCUT2D eigenvalue weighted by Gasteiger charge is 2.14. The van der Waals surface area contributed by atoms with E-state index in [1.165, 1.54) is 0 Å². The molecule has 3 atom stereocenters. The molecule has 3 unspecified atom stereocenters. The molecule has 0 aromatic heterocycles. The maximum Gasteiger partial charge on any atom is 0.0737 e. The minimum Gasteiger partial charge on any atom is -0.393 e. The molecule has 0 spiro atoms. The fourth-order valence-corrected chi connectivity index (χ4v) is 0.640. The molecule has 10 heavy (non-hydrogen) atoms. The minimum atomic E-state index is -0.704. The van der Waals surface area contributed by atoms with Crippen molar-refractivity contribution in [2.45, 2.75) is 38.5 Å². The number of rotatable bonds is 4. The SMILES string of the molecule is CC(O)CC(O)C(C)NO. The molecular weight excluding hydrogens is 134 g/mol. The van der Waals surface area contributed by atoms with E-state index in [0.717, 1.165) is 0 Å². The van der Waals surface area contributed by atoms with Crippen LogP contribution in [0.5, 0.6) is 0 Å². The second-order valence-electron chi connectivity index (χ2n) is 2.57. The van der Waals surface area contributed by atoms with E-state index < -0.39 is 18.2 Å². The van der Waals surface area contributed by atoms with Crippen LogP contribution < -0.4 is 5.48 Å². The Hall–Kier alpha value is -0.160. The Morgan fingerprint density at radius 2 is 1.80 bits per heavy atom. The lowest BCUT2D eigenvalue weighted by molar-refractivity contribution is 0.0200. The third kappa shape index (κ3) is 3.79. The van der Waals surface area contributed by atoms with Crippen molar-refractivity contribution in [2.24, 2.45) is 0 Å². The average molecular weight is 149 g/mol. The quantitative estimate of drug-likeness (QED) is 0.406. The molecule has 62 valence electrons. The van der Waals surface area contributed by atoms with Crippen LogP contribution >= 0.6 is 0 Å². The van der Waals surface area contributed by atoms with E-state index in [1.54, 1.807) is 13.8 Å². The summed E-state index contributed by atoms with van der Waals surface area (Å²) in [6.45, 7) is 3.22. The Kier molecular flexibility index (Phi) is 4.55. The van der Waals surface area contributed by atoms with Gasteiger partial charge in [0.05, 0.1) is 18.2 Å². The summed E-state index contributed by atoms with van der Waals surface area (Å²) in [5.74, 6) is 0. The molecule has 4 heteroatoms. The molecule has 0 aliphatic carbocycles. The van der Waals surface area contributed by atoms with Crippen molar-refractivity contribution in [3.05, 3.63) is 0 Å². The Balaban J connectivity index is 3.50. The lowest BCUT2D eigenvalue weighted by atomic mass is 10.1. The summed E-state index contributed by atoms with van der Waals surface area (Å²) in [5, 5.41) is 26.2. The maximum absolute atomic E-state index is 9.11. The zero-order valence-corrected chi connectivity index (χ0v) is 6.28. The summed E-state index contributed by atoms with van der Waals surface area (Å²) < 4.78 is 0. The molecule has 0 amide bonds. The van der Waals surface area contributed by atoms with Gasteiger partial charge in [-0.1, -0.05) is 0 Å². The largest absolute Gasteiger partial charge is 0.393 e. The molecule has 0 radical (unpaired) electrons. The monoisotopic (exact) mass is 149 g/mol. The number of aliphatic hydroxyl groups excluding tert-OH is 2. The lowest BCUT2D eigenvalue weighted by Gasteiger charge is -2.17. The van der Waals surface area contributed by atoms with Crippen molar-refractivity contribution in [1.29, 1.82) is 0 Å². The van der Waals surface area contributed by atoms with Crippen molar-refractivity contribution in [3.8, 4) is 0 Å². The molecule has 0 saturated heterocycles. The first kappa shape index (κ1) is 9.84. The van der Waals surface area contributed by atoms with Gasteiger partial charge >= 0.3 is 0 Å². The highest BCUT2D eigenvalue weighted by Crippen LogP contribution is 2.01. The standard InChI is InChI=1S/C6H15NO3/c1-4(8)3-6(9)5(2)7-10/h4-10H,3H2,1-2H3. The number of hydroxylamine groups is 1. The molecule has 0 aliphatic heterocycles. The van der Waals surface area contributed by atoms with Crippen molar-refractivity contribution in [1.82, 2.24) is 5.48 Å². The molecule has 0 fully saturated rings. The Morgan fingerprint density at radius 3 is 2.10 bits per heavy atom. The molecule has 0 saturated carbocycles. The highest BCUT2D eigenvalue weighted by molar-refractivity contribution is 4.68. The van der Waals surface area contributed by atoms with E-state index in [1.807, 2.05) is 5.48 Å². The minimum absolute atomic E-state index is 0.273. The van der Waals surface area contributed by atoms with Gasteiger partial charge in [0, 0.05) is 6.42 Å². The van der Waals surface area contributed by atoms with Gasteiger partial charge in [0.2, 0.25) is 0 Å². The first-order chi connectivity index (χ1) is 4.57. The second-order valence-corrected chi connectivity index (χ2v) is 2.57. The second kappa shape index (κ2) is 4.62. The average Bonchev–Trinajstić information content (AvgIpc) is 1.85. The van der Waals surface area contributed by atoms with Crippen molar-refractivity contribution in [2.75, 3.05) is 0 Å². The van der Waals surface area contributed by atoms with Crippen LogP contribution in [0, 0.1) is 0 Å².